The lowest BCUT2D eigenvalue weighted by Crippen LogP contribution is -2.44. The van der Waals surface area contributed by atoms with Gasteiger partial charge in [0.05, 0.1) is 39.1 Å². The molecule has 2 aliphatic heterocycles. The Hall–Kier alpha value is -5.46. The minimum atomic E-state index is -2.05. The summed E-state index contributed by atoms with van der Waals surface area (Å²) >= 11 is 0. The zero-order valence-corrected chi connectivity index (χ0v) is 28.2. The number of hydrogen-bond donors (Lipinski definition) is 2. The molecule has 6 rings (SSSR count). The van der Waals surface area contributed by atoms with Crippen molar-refractivity contribution in [1.82, 2.24) is 14.0 Å². The van der Waals surface area contributed by atoms with Crippen LogP contribution in [0.15, 0.2) is 101 Å². The van der Waals surface area contributed by atoms with Crippen molar-refractivity contribution in [3.63, 3.8) is 0 Å². The maximum atomic E-state index is 14.4. The molecule has 12 nitrogen and oxygen atoms in total. The van der Waals surface area contributed by atoms with Crippen molar-refractivity contribution in [2.75, 3.05) is 32.3 Å². The molecule has 12 heteroatoms. The fourth-order valence-corrected chi connectivity index (χ4v) is 6.88. The number of pyridine rings is 2. The third-order valence-electron chi connectivity index (χ3n) is 9.61. The van der Waals surface area contributed by atoms with E-state index in [-0.39, 0.29) is 48.6 Å². The van der Waals surface area contributed by atoms with Crippen LogP contribution in [0.2, 0.25) is 0 Å². The van der Waals surface area contributed by atoms with Crippen molar-refractivity contribution < 1.29 is 29.3 Å². The molecule has 0 saturated carbocycles. The molecule has 0 spiro atoms. The van der Waals surface area contributed by atoms with Crippen molar-refractivity contribution in [3.8, 4) is 22.9 Å². The van der Waals surface area contributed by atoms with E-state index >= 15 is 0 Å². The lowest BCUT2D eigenvalue weighted by molar-refractivity contribution is -0.139. The van der Waals surface area contributed by atoms with Crippen LogP contribution in [0.3, 0.4) is 0 Å². The average molecular weight is 681 g/mol. The Labute approximate surface area is 289 Å². The zero-order valence-electron chi connectivity index (χ0n) is 28.2. The van der Waals surface area contributed by atoms with Gasteiger partial charge in [0.2, 0.25) is 5.91 Å². The maximum absolute atomic E-state index is 14.4. The number of likely N-dealkylation sites (tertiary alicyclic amines) is 1. The van der Waals surface area contributed by atoms with Crippen molar-refractivity contribution in [2.45, 2.75) is 44.4 Å². The van der Waals surface area contributed by atoms with Gasteiger partial charge >= 0.3 is 0 Å². The van der Waals surface area contributed by atoms with Crippen LogP contribution in [0.1, 0.15) is 37.3 Å². The van der Waals surface area contributed by atoms with Gasteiger partial charge in [0.25, 0.3) is 17.0 Å². The first-order valence-corrected chi connectivity index (χ1v) is 16.5. The van der Waals surface area contributed by atoms with Crippen LogP contribution in [0.5, 0.6) is 11.5 Å². The molecule has 50 heavy (non-hydrogen) atoms. The minimum absolute atomic E-state index is 0.0529. The number of aromatic nitrogens is 2. The van der Waals surface area contributed by atoms with Gasteiger partial charge in [-0.15, -0.1) is 0 Å². The van der Waals surface area contributed by atoms with E-state index in [4.69, 9.17) is 9.47 Å². The van der Waals surface area contributed by atoms with Crippen molar-refractivity contribution in [1.29, 1.82) is 0 Å². The summed E-state index contributed by atoms with van der Waals surface area (Å²) in [7, 11) is 2.84. The Morgan fingerprint density at radius 1 is 0.940 bits per heavy atom. The number of carbonyl (C=O) groups is 2. The normalized spacial score (nSPS) is 19.2. The number of anilines is 1. The summed E-state index contributed by atoms with van der Waals surface area (Å²) in [6, 6.07) is 18.5. The van der Waals surface area contributed by atoms with Crippen molar-refractivity contribution in [3.05, 3.63) is 123 Å². The third kappa shape index (κ3) is 6.12. The average Bonchev–Trinajstić information content (AvgIpc) is 3.70. The van der Waals surface area contributed by atoms with Gasteiger partial charge in [-0.3, -0.25) is 28.3 Å². The maximum Gasteiger partial charge on any atom is 0.297 e. The van der Waals surface area contributed by atoms with Crippen LogP contribution >= 0.6 is 0 Å². The summed E-state index contributed by atoms with van der Waals surface area (Å²) in [6.45, 7) is 2.27. The number of fused-ring (bicyclic) bond motifs is 1. The Balaban J connectivity index is 1.36. The number of hydrogen-bond acceptors (Lipinski definition) is 8. The molecule has 2 aliphatic rings. The van der Waals surface area contributed by atoms with Crippen molar-refractivity contribution in [2.24, 2.45) is 5.92 Å². The standard InChI is InChI=1S/C38H40N4O8/c1-25(9-4-15-34(44)39-18-6-12-29(39)24-43)38(48)30-22-28(41-20-8-14-33(50-3)36(41)46)16-17-31(30)42(37(38)47)23-26-10-5-11-27(21-26)40-19-7-13-32(49-2)35(40)45/h4-5,7-11,13-14,16-17,19-22,25,29,43,48H,6,12,15,18,23-24H2,1-3H3/b9-4+/t25-,29-,38+/m0/s1. The predicted molar refractivity (Wildman–Crippen MR) is 187 cm³/mol. The van der Waals surface area contributed by atoms with E-state index in [0.29, 0.717) is 34.7 Å². The van der Waals surface area contributed by atoms with Gasteiger partial charge in [0, 0.05) is 48.2 Å². The van der Waals surface area contributed by atoms with Gasteiger partial charge < -0.3 is 29.5 Å². The van der Waals surface area contributed by atoms with Crippen molar-refractivity contribution >= 4 is 17.5 Å². The van der Waals surface area contributed by atoms with Crippen LogP contribution in [-0.2, 0) is 21.7 Å². The molecule has 2 aromatic carbocycles. The summed E-state index contributed by atoms with van der Waals surface area (Å²) in [5.41, 5.74) is -0.320. The predicted octanol–water partition coefficient (Wildman–Crippen LogP) is 3.31. The van der Waals surface area contributed by atoms with Crippen LogP contribution in [0.25, 0.3) is 11.4 Å². The number of methoxy groups -OCH3 is 2. The van der Waals surface area contributed by atoms with Gasteiger partial charge in [-0.05, 0) is 73.0 Å². The first-order chi connectivity index (χ1) is 24.1. The molecule has 0 radical (unpaired) electrons. The molecule has 0 unspecified atom stereocenters. The first-order valence-electron chi connectivity index (χ1n) is 16.5. The Morgan fingerprint density at radius 2 is 1.60 bits per heavy atom. The quantitative estimate of drug-likeness (QED) is 0.230. The van der Waals surface area contributed by atoms with Gasteiger partial charge in [0.15, 0.2) is 17.1 Å². The molecule has 3 atom stereocenters. The van der Waals surface area contributed by atoms with E-state index in [9.17, 15) is 29.4 Å². The molecule has 1 saturated heterocycles. The molecule has 2 N–H and O–H groups in total. The molecule has 4 heterocycles. The van der Waals surface area contributed by atoms with E-state index in [2.05, 4.69) is 0 Å². The summed E-state index contributed by atoms with van der Waals surface area (Å²) in [5, 5.41) is 22.1. The minimum Gasteiger partial charge on any atom is -0.491 e. The highest BCUT2D eigenvalue weighted by atomic mass is 16.5. The van der Waals surface area contributed by atoms with Gasteiger partial charge in [-0.2, -0.15) is 0 Å². The SMILES string of the molecule is COc1cccn(-c2cccc(CN3C(=O)[C@@](O)([C@@H](C)/C=C/CC(=O)N4CCC[C@H]4CO)c4cc(-n5cccc(OC)c5=O)ccc43)c2)c1=O. The second-order valence-electron chi connectivity index (χ2n) is 12.5. The number of nitrogens with zero attached hydrogens (tertiary/aromatic N) is 4. The van der Waals surface area contributed by atoms with Crippen LogP contribution in [-0.4, -0.2) is 69.5 Å². The summed E-state index contributed by atoms with van der Waals surface area (Å²) in [5.74, 6) is -1.16. The smallest absolute Gasteiger partial charge is 0.297 e. The monoisotopic (exact) mass is 680 g/mol. The Kier molecular flexibility index (Phi) is 9.76. The number of benzene rings is 2. The van der Waals surface area contributed by atoms with E-state index in [0.717, 1.165) is 12.8 Å². The second kappa shape index (κ2) is 14.2. The summed E-state index contributed by atoms with van der Waals surface area (Å²) in [4.78, 5) is 56.6. The molecular formula is C38H40N4O8. The van der Waals surface area contributed by atoms with Gasteiger partial charge in [-0.1, -0.05) is 31.2 Å². The van der Waals surface area contributed by atoms with Crippen LogP contribution in [0.4, 0.5) is 5.69 Å². The molecule has 1 fully saturated rings. The molecule has 2 aromatic heterocycles. The second-order valence-corrected chi connectivity index (χ2v) is 12.5. The molecule has 2 amide bonds. The number of rotatable bonds is 11. The topological polar surface area (TPSA) is 144 Å². The van der Waals surface area contributed by atoms with E-state index in [1.807, 2.05) is 6.07 Å². The molecule has 0 aliphatic carbocycles. The van der Waals surface area contributed by atoms with E-state index < -0.39 is 23.0 Å². The lowest BCUT2D eigenvalue weighted by Gasteiger charge is -2.28. The van der Waals surface area contributed by atoms with Crippen LogP contribution in [0, 0.1) is 5.92 Å². The molecular weight excluding hydrogens is 640 g/mol. The number of amides is 2. The third-order valence-corrected chi connectivity index (χ3v) is 9.61. The van der Waals surface area contributed by atoms with E-state index in [1.54, 1.807) is 97.0 Å². The number of aliphatic hydroxyl groups excluding tert-OH is 1. The fourth-order valence-electron chi connectivity index (χ4n) is 6.88. The highest BCUT2D eigenvalue weighted by Gasteiger charge is 2.52. The van der Waals surface area contributed by atoms with E-state index in [1.165, 1.54) is 28.3 Å². The fraction of sp³-hybridized carbons (Fsp3) is 0.316. The number of ether oxygens (including phenoxy) is 2. The molecule has 0 bridgehead atoms. The highest BCUT2D eigenvalue weighted by Crippen LogP contribution is 2.46. The first kappa shape index (κ1) is 34.4. The highest BCUT2D eigenvalue weighted by molar-refractivity contribution is 6.07. The largest absolute Gasteiger partial charge is 0.491 e. The molecule has 4 aromatic rings. The molecule has 260 valence electrons. The number of aliphatic hydroxyl groups is 2. The summed E-state index contributed by atoms with van der Waals surface area (Å²) < 4.78 is 13.3. The summed E-state index contributed by atoms with van der Waals surface area (Å²) in [6.07, 6.45) is 8.16. The lowest BCUT2D eigenvalue weighted by atomic mass is 9.82. The van der Waals surface area contributed by atoms with Gasteiger partial charge in [-0.25, -0.2) is 0 Å². The Morgan fingerprint density at radius 3 is 2.24 bits per heavy atom. The van der Waals surface area contributed by atoms with Gasteiger partial charge in [0.1, 0.15) is 0 Å². The Bertz CT molecular complexity index is 2070. The number of carbonyl (C=O) groups excluding carboxylic acids is 2. The zero-order chi connectivity index (χ0) is 35.6. The van der Waals surface area contributed by atoms with Crippen LogP contribution < -0.4 is 25.5 Å².